The maximum atomic E-state index is 2.51. The van der Waals surface area contributed by atoms with E-state index in [-0.39, 0.29) is 0 Å². The zero-order valence-corrected chi connectivity index (χ0v) is 28.4. The highest BCUT2D eigenvalue weighted by Gasteiger charge is 2.23. The molecule has 51 heavy (non-hydrogen) atoms. The lowest BCUT2D eigenvalue weighted by molar-refractivity contribution is 1.18. The van der Waals surface area contributed by atoms with Crippen LogP contribution in [0.25, 0.3) is 80.0 Å². The maximum Gasteiger partial charge on any atom is 0.0640 e. The fourth-order valence-corrected chi connectivity index (χ4v) is 9.53. The number of anilines is 3. The van der Waals surface area contributed by atoms with Crippen LogP contribution in [-0.2, 0) is 0 Å². The van der Waals surface area contributed by atoms with Crippen LogP contribution < -0.4 is 4.90 Å². The Morgan fingerprint density at radius 2 is 1.04 bits per heavy atom. The highest BCUT2D eigenvalue weighted by molar-refractivity contribution is 7.26. The molecule has 0 fully saturated rings. The molecule has 9 aromatic carbocycles. The quantitative estimate of drug-likeness (QED) is 0.170. The second-order valence-electron chi connectivity index (χ2n) is 13.3. The summed E-state index contributed by atoms with van der Waals surface area (Å²) in [6.07, 6.45) is 0. The molecule has 0 N–H and O–H groups in total. The summed E-state index contributed by atoms with van der Waals surface area (Å²) in [5, 5.41) is 12.7. The van der Waals surface area contributed by atoms with Gasteiger partial charge in [0, 0.05) is 37.6 Å². The molecule has 3 heteroatoms. The summed E-state index contributed by atoms with van der Waals surface area (Å²) in [5.74, 6) is 0. The molecule has 0 saturated carbocycles. The molecule has 238 valence electrons. The third kappa shape index (κ3) is 4.22. The number of fused-ring (bicyclic) bond motifs is 11. The van der Waals surface area contributed by atoms with Gasteiger partial charge in [-0.05, 0) is 86.9 Å². The van der Waals surface area contributed by atoms with Gasteiger partial charge in [-0.3, -0.25) is 0 Å². The lowest BCUT2D eigenvalue weighted by Crippen LogP contribution is -2.10. The molecule has 0 saturated heterocycles. The van der Waals surface area contributed by atoms with Crippen LogP contribution in [0.4, 0.5) is 17.1 Å². The molecule has 11 aromatic rings. The van der Waals surface area contributed by atoms with Crippen molar-refractivity contribution in [2.75, 3.05) is 4.90 Å². The van der Waals surface area contributed by atoms with Gasteiger partial charge in [0.05, 0.1) is 27.1 Å². The predicted molar refractivity (Wildman–Crippen MR) is 221 cm³/mol. The van der Waals surface area contributed by atoms with Crippen molar-refractivity contribution in [3.63, 3.8) is 0 Å². The summed E-state index contributed by atoms with van der Waals surface area (Å²) in [4.78, 5) is 2.51. The molecular formula is C48H30N2S. The van der Waals surface area contributed by atoms with Crippen LogP contribution >= 0.6 is 11.3 Å². The molecule has 2 heterocycles. The second-order valence-corrected chi connectivity index (χ2v) is 14.4. The lowest BCUT2D eigenvalue weighted by Gasteiger charge is -2.27. The third-order valence-electron chi connectivity index (χ3n) is 10.5. The monoisotopic (exact) mass is 666 g/mol. The first-order chi connectivity index (χ1) is 25.3. The molecular weight excluding hydrogens is 637 g/mol. The maximum absolute atomic E-state index is 2.51. The predicted octanol–water partition coefficient (Wildman–Crippen LogP) is 14.1. The standard InChI is InChI=1S/C48H30N2S/c1-2-13-34(14-3-1)49-41-19-8-6-17-40(41)47-42(49)20-11-21-43(47)50(44-22-10-18-39-38-16-7-9-23-45(38)51-48(39)44)35-28-29-37-33(30-35)27-26-32-25-24-31-12-4-5-15-36(31)46(32)37/h1-30H. The van der Waals surface area contributed by atoms with E-state index in [0.29, 0.717) is 0 Å². The first-order valence-corrected chi connectivity index (χ1v) is 18.3. The molecule has 2 nitrogen and oxygen atoms in total. The van der Waals surface area contributed by atoms with Gasteiger partial charge in [-0.15, -0.1) is 11.3 Å². The van der Waals surface area contributed by atoms with Crippen molar-refractivity contribution >= 4 is 103 Å². The van der Waals surface area contributed by atoms with Crippen molar-refractivity contribution in [3.05, 3.63) is 182 Å². The van der Waals surface area contributed by atoms with Crippen molar-refractivity contribution in [3.8, 4) is 5.69 Å². The molecule has 0 amide bonds. The Labute approximate surface area is 298 Å². The number of thiophene rings is 1. The fourth-order valence-electron chi connectivity index (χ4n) is 8.32. The molecule has 0 aliphatic heterocycles. The summed E-state index contributed by atoms with van der Waals surface area (Å²) in [5.41, 5.74) is 7.02. The van der Waals surface area contributed by atoms with E-state index in [2.05, 4.69) is 191 Å². The molecule has 0 atom stereocenters. The number of para-hydroxylation sites is 2. The summed E-state index contributed by atoms with van der Waals surface area (Å²) >= 11 is 1.88. The minimum Gasteiger partial charge on any atom is -0.309 e. The summed E-state index contributed by atoms with van der Waals surface area (Å²) in [6.45, 7) is 0. The summed E-state index contributed by atoms with van der Waals surface area (Å²) < 4.78 is 4.99. The average molecular weight is 667 g/mol. The molecule has 0 aliphatic carbocycles. The van der Waals surface area contributed by atoms with Crippen LogP contribution in [0, 0.1) is 0 Å². The Morgan fingerprint density at radius 1 is 0.392 bits per heavy atom. The van der Waals surface area contributed by atoms with Crippen LogP contribution in [0.15, 0.2) is 182 Å². The van der Waals surface area contributed by atoms with Gasteiger partial charge in [0.1, 0.15) is 0 Å². The Bertz CT molecular complexity index is 3150. The SMILES string of the molecule is c1ccc(-n2c3ccccc3c3c(N(c4ccc5c(ccc6ccc7ccccc7c65)c4)c4cccc5c4sc4ccccc45)cccc32)cc1. The van der Waals surface area contributed by atoms with Crippen LogP contribution in [-0.4, -0.2) is 4.57 Å². The van der Waals surface area contributed by atoms with Gasteiger partial charge in [0.15, 0.2) is 0 Å². The number of nitrogens with zero attached hydrogens (tertiary/aromatic N) is 2. The highest BCUT2D eigenvalue weighted by Crippen LogP contribution is 2.49. The molecule has 0 unspecified atom stereocenters. The van der Waals surface area contributed by atoms with E-state index in [1.165, 1.54) is 80.0 Å². The first-order valence-electron chi connectivity index (χ1n) is 17.4. The van der Waals surface area contributed by atoms with Gasteiger partial charge < -0.3 is 9.47 Å². The zero-order valence-electron chi connectivity index (χ0n) is 27.6. The topological polar surface area (TPSA) is 8.17 Å². The van der Waals surface area contributed by atoms with Gasteiger partial charge in [0.2, 0.25) is 0 Å². The van der Waals surface area contributed by atoms with Crippen molar-refractivity contribution in [2.24, 2.45) is 0 Å². The summed E-state index contributed by atoms with van der Waals surface area (Å²) in [6, 6.07) is 66.8. The average Bonchev–Trinajstić information content (AvgIpc) is 3.75. The number of hydrogen-bond donors (Lipinski definition) is 0. The van der Waals surface area contributed by atoms with E-state index in [1.54, 1.807) is 0 Å². The first kappa shape index (κ1) is 28.4. The van der Waals surface area contributed by atoms with Crippen molar-refractivity contribution in [2.45, 2.75) is 0 Å². The van der Waals surface area contributed by atoms with Crippen LogP contribution in [0.2, 0.25) is 0 Å². The largest absolute Gasteiger partial charge is 0.309 e. The van der Waals surface area contributed by atoms with Gasteiger partial charge in [-0.25, -0.2) is 0 Å². The minimum absolute atomic E-state index is 1.14. The molecule has 0 radical (unpaired) electrons. The van der Waals surface area contributed by atoms with Gasteiger partial charge in [-0.1, -0.05) is 127 Å². The number of aromatic nitrogens is 1. The van der Waals surface area contributed by atoms with E-state index < -0.39 is 0 Å². The van der Waals surface area contributed by atoms with Crippen molar-refractivity contribution in [1.82, 2.24) is 4.57 Å². The Morgan fingerprint density at radius 3 is 1.94 bits per heavy atom. The Balaban J connectivity index is 1.25. The second kappa shape index (κ2) is 11.0. The van der Waals surface area contributed by atoms with E-state index in [9.17, 15) is 0 Å². The number of rotatable bonds is 4. The van der Waals surface area contributed by atoms with Crippen LogP contribution in [0.1, 0.15) is 0 Å². The smallest absolute Gasteiger partial charge is 0.0640 e. The lowest BCUT2D eigenvalue weighted by atomic mass is 9.96. The fraction of sp³-hybridized carbons (Fsp3) is 0. The highest BCUT2D eigenvalue weighted by atomic mass is 32.1. The minimum atomic E-state index is 1.14. The van der Waals surface area contributed by atoms with Gasteiger partial charge in [0.25, 0.3) is 0 Å². The van der Waals surface area contributed by atoms with E-state index in [0.717, 1.165) is 17.1 Å². The molecule has 0 aliphatic rings. The van der Waals surface area contributed by atoms with Crippen LogP contribution in [0.5, 0.6) is 0 Å². The summed E-state index contributed by atoms with van der Waals surface area (Å²) in [7, 11) is 0. The normalized spacial score (nSPS) is 11.9. The van der Waals surface area contributed by atoms with Gasteiger partial charge in [-0.2, -0.15) is 0 Å². The van der Waals surface area contributed by atoms with E-state index >= 15 is 0 Å². The molecule has 0 bridgehead atoms. The zero-order chi connectivity index (χ0) is 33.5. The number of hydrogen-bond acceptors (Lipinski definition) is 2. The molecule has 2 aromatic heterocycles. The Kier molecular flexibility index (Phi) is 6.16. The molecule has 0 spiro atoms. The van der Waals surface area contributed by atoms with Crippen molar-refractivity contribution in [1.29, 1.82) is 0 Å². The van der Waals surface area contributed by atoms with Crippen LogP contribution in [0.3, 0.4) is 0 Å². The Hall–Kier alpha value is -6.42. The molecule has 11 rings (SSSR count). The number of benzene rings is 9. The van der Waals surface area contributed by atoms with E-state index in [1.807, 2.05) is 11.3 Å². The van der Waals surface area contributed by atoms with E-state index in [4.69, 9.17) is 0 Å². The van der Waals surface area contributed by atoms with Crippen molar-refractivity contribution < 1.29 is 0 Å². The van der Waals surface area contributed by atoms with Gasteiger partial charge >= 0.3 is 0 Å². The third-order valence-corrected chi connectivity index (χ3v) is 11.7.